The third-order valence-corrected chi connectivity index (χ3v) is 4.41. The number of alkyl halides is 2. The fourth-order valence-corrected chi connectivity index (χ4v) is 2.87. The van der Waals surface area contributed by atoms with Gasteiger partial charge in [0.25, 0.3) is 11.7 Å². The summed E-state index contributed by atoms with van der Waals surface area (Å²) in [5, 5.41) is 2.66. The Morgan fingerprint density at radius 3 is 2.54 bits per heavy atom. The van der Waals surface area contributed by atoms with Crippen molar-refractivity contribution in [1.29, 1.82) is 0 Å². The molecule has 1 N–H and O–H groups in total. The van der Waals surface area contributed by atoms with E-state index >= 15 is 0 Å². The van der Waals surface area contributed by atoms with Gasteiger partial charge in [-0.2, -0.15) is 8.78 Å². The van der Waals surface area contributed by atoms with Gasteiger partial charge in [0.1, 0.15) is 5.03 Å². The first-order valence-corrected chi connectivity index (χ1v) is 8.88. The number of aromatic nitrogens is 1. The molecule has 0 spiro atoms. The van der Waals surface area contributed by atoms with E-state index in [4.69, 9.17) is 4.74 Å². The Morgan fingerprint density at radius 2 is 1.88 bits per heavy atom. The molecule has 1 amide bonds. The average molecular weight is 378 g/mol. The van der Waals surface area contributed by atoms with Crippen LogP contribution in [0.2, 0.25) is 0 Å². The lowest BCUT2D eigenvalue weighted by atomic mass is 10.1. The second-order valence-corrected chi connectivity index (χ2v) is 6.69. The van der Waals surface area contributed by atoms with Gasteiger partial charge < -0.3 is 10.1 Å². The molecule has 0 unspecified atom stereocenters. The maximum atomic E-state index is 12.7. The molecule has 26 heavy (non-hydrogen) atoms. The zero-order chi connectivity index (χ0) is 18.5. The van der Waals surface area contributed by atoms with Gasteiger partial charge in [0.05, 0.1) is 5.56 Å². The number of esters is 1. The summed E-state index contributed by atoms with van der Waals surface area (Å²) in [5.41, 5.74) is 0.406. The zero-order valence-electron chi connectivity index (χ0n) is 13.6. The normalized spacial score (nSPS) is 14.7. The Morgan fingerprint density at radius 1 is 1.15 bits per heavy atom. The molecule has 2 aromatic rings. The van der Waals surface area contributed by atoms with Crippen LogP contribution in [0.3, 0.4) is 0 Å². The van der Waals surface area contributed by atoms with Gasteiger partial charge in [-0.05, 0) is 36.7 Å². The summed E-state index contributed by atoms with van der Waals surface area (Å²) in [6, 6.07) is 11.5. The van der Waals surface area contributed by atoms with Crippen molar-refractivity contribution in [2.24, 2.45) is 0 Å². The molecule has 1 heterocycles. The second kappa shape index (κ2) is 8.27. The van der Waals surface area contributed by atoms with Gasteiger partial charge in [0.15, 0.2) is 0 Å². The van der Waals surface area contributed by atoms with E-state index in [1.54, 1.807) is 30.3 Å². The van der Waals surface area contributed by atoms with Crippen molar-refractivity contribution in [3.8, 4) is 0 Å². The Hall–Kier alpha value is -2.48. The van der Waals surface area contributed by atoms with Crippen molar-refractivity contribution in [2.45, 2.75) is 35.8 Å². The minimum Gasteiger partial charge on any atom is -0.444 e. The van der Waals surface area contributed by atoms with E-state index in [1.165, 1.54) is 18.3 Å². The molecule has 8 heteroatoms. The number of nitrogens with zero attached hydrogens (tertiary/aromatic N) is 1. The average Bonchev–Trinajstić information content (AvgIpc) is 3.44. The summed E-state index contributed by atoms with van der Waals surface area (Å²) in [4.78, 5) is 28.8. The van der Waals surface area contributed by atoms with E-state index in [1.807, 2.05) is 0 Å². The number of halogens is 2. The lowest BCUT2D eigenvalue weighted by Gasteiger charge is -2.18. The highest BCUT2D eigenvalue weighted by molar-refractivity contribution is 7.99. The van der Waals surface area contributed by atoms with Crippen molar-refractivity contribution in [1.82, 2.24) is 10.3 Å². The fourth-order valence-electron chi connectivity index (χ4n) is 2.30. The summed E-state index contributed by atoms with van der Waals surface area (Å²) in [7, 11) is 0. The first-order chi connectivity index (χ1) is 12.5. The van der Waals surface area contributed by atoms with Crippen LogP contribution in [-0.4, -0.2) is 28.7 Å². The summed E-state index contributed by atoms with van der Waals surface area (Å²) < 4.78 is 30.7. The maximum absolute atomic E-state index is 12.7. The summed E-state index contributed by atoms with van der Waals surface area (Å²) >= 11 is 0.159. The SMILES string of the molecule is O=C(O[C@@H](C(=O)NC1CC1)c1ccccc1)c1cccnc1SC(F)F. The van der Waals surface area contributed by atoms with Gasteiger partial charge in [0, 0.05) is 17.8 Å². The number of amides is 1. The van der Waals surface area contributed by atoms with Crippen molar-refractivity contribution in [3.05, 3.63) is 59.8 Å². The molecule has 1 fully saturated rings. The Balaban J connectivity index is 1.82. The third-order valence-electron chi connectivity index (χ3n) is 3.68. The third kappa shape index (κ3) is 4.78. The first kappa shape index (κ1) is 18.3. The van der Waals surface area contributed by atoms with E-state index < -0.39 is 23.7 Å². The highest BCUT2D eigenvalue weighted by atomic mass is 32.2. The quantitative estimate of drug-likeness (QED) is 0.589. The molecule has 1 aliphatic rings. The molecular formula is C18H16F2N2O3S. The van der Waals surface area contributed by atoms with Crippen molar-refractivity contribution in [2.75, 3.05) is 0 Å². The zero-order valence-corrected chi connectivity index (χ0v) is 14.4. The predicted molar refractivity (Wildman–Crippen MR) is 91.9 cm³/mol. The maximum Gasteiger partial charge on any atom is 0.342 e. The van der Waals surface area contributed by atoms with Crippen molar-refractivity contribution >= 4 is 23.6 Å². The fraction of sp³-hybridized carbons (Fsp3) is 0.278. The number of carbonyl (C=O) groups is 2. The minimum atomic E-state index is -2.72. The van der Waals surface area contributed by atoms with Crippen LogP contribution >= 0.6 is 11.8 Å². The molecule has 3 rings (SSSR count). The van der Waals surface area contributed by atoms with Gasteiger partial charge >= 0.3 is 5.97 Å². The molecule has 1 atom stereocenters. The molecule has 1 aliphatic carbocycles. The summed E-state index contributed by atoms with van der Waals surface area (Å²) in [6.07, 6.45) is 1.93. The molecule has 1 aromatic heterocycles. The number of thioether (sulfide) groups is 1. The lowest BCUT2D eigenvalue weighted by Crippen LogP contribution is -2.33. The highest BCUT2D eigenvalue weighted by Gasteiger charge is 2.31. The molecular weight excluding hydrogens is 362 g/mol. The molecule has 5 nitrogen and oxygen atoms in total. The van der Waals surface area contributed by atoms with Crippen LogP contribution < -0.4 is 5.32 Å². The summed E-state index contributed by atoms with van der Waals surface area (Å²) in [6.45, 7) is 0. The number of carbonyl (C=O) groups excluding carboxylic acids is 2. The van der Waals surface area contributed by atoms with Crippen LogP contribution in [0.5, 0.6) is 0 Å². The van der Waals surface area contributed by atoms with E-state index in [2.05, 4.69) is 10.3 Å². The van der Waals surface area contributed by atoms with E-state index in [0.29, 0.717) is 5.56 Å². The largest absolute Gasteiger partial charge is 0.444 e. The number of pyridine rings is 1. The van der Waals surface area contributed by atoms with Gasteiger partial charge in [0.2, 0.25) is 6.10 Å². The van der Waals surface area contributed by atoms with Crippen LogP contribution in [0.1, 0.15) is 34.9 Å². The second-order valence-electron chi connectivity index (χ2n) is 5.71. The van der Waals surface area contributed by atoms with E-state index in [-0.39, 0.29) is 28.4 Å². The monoisotopic (exact) mass is 378 g/mol. The number of rotatable bonds is 7. The van der Waals surface area contributed by atoms with Crippen LogP contribution in [0.25, 0.3) is 0 Å². The van der Waals surface area contributed by atoms with Crippen molar-refractivity contribution in [3.63, 3.8) is 0 Å². The van der Waals surface area contributed by atoms with Crippen molar-refractivity contribution < 1.29 is 23.1 Å². The molecule has 0 bridgehead atoms. The van der Waals surface area contributed by atoms with Crippen LogP contribution in [0, 0.1) is 0 Å². The Labute approximate surface area is 153 Å². The number of benzene rings is 1. The van der Waals surface area contributed by atoms with Gasteiger partial charge in [-0.3, -0.25) is 4.79 Å². The smallest absolute Gasteiger partial charge is 0.342 e. The highest BCUT2D eigenvalue weighted by Crippen LogP contribution is 2.29. The molecule has 1 aromatic carbocycles. The molecule has 0 radical (unpaired) electrons. The first-order valence-electron chi connectivity index (χ1n) is 8.00. The lowest BCUT2D eigenvalue weighted by molar-refractivity contribution is -0.130. The number of hydrogen-bond donors (Lipinski definition) is 1. The summed E-state index contributed by atoms with van der Waals surface area (Å²) in [5.74, 6) is -4.03. The number of ether oxygens (including phenoxy) is 1. The Bertz CT molecular complexity index is 785. The molecule has 0 aliphatic heterocycles. The topological polar surface area (TPSA) is 68.3 Å². The van der Waals surface area contributed by atoms with Gasteiger partial charge in [-0.1, -0.05) is 30.3 Å². The van der Waals surface area contributed by atoms with E-state index in [0.717, 1.165) is 12.8 Å². The minimum absolute atomic E-state index is 0.0933. The number of hydrogen-bond acceptors (Lipinski definition) is 5. The molecule has 136 valence electrons. The Kier molecular flexibility index (Phi) is 5.82. The standard InChI is InChI=1S/C18H16F2N2O3S/c19-18(20)26-16-13(7-4-10-21-16)17(24)25-14(11-5-2-1-3-6-11)15(23)22-12-8-9-12/h1-7,10,12,14,18H,8-9H2,(H,22,23)/t14-/m1/s1. The number of nitrogens with one attached hydrogen (secondary N) is 1. The van der Waals surface area contributed by atoms with Crippen LogP contribution in [0.15, 0.2) is 53.7 Å². The van der Waals surface area contributed by atoms with Gasteiger partial charge in [-0.15, -0.1) is 0 Å². The van der Waals surface area contributed by atoms with Crippen LogP contribution in [-0.2, 0) is 9.53 Å². The molecule has 0 saturated heterocycles. The van der Waals surface area contributed by atoms with Gasteiger partial charge in [-0.25, -0.2) is 9.78 Å². The molecule has 1 saturated carbocycles. The van der Waals surface area contributed by atoms with E-state index in [9.17, 15) is 18.4 Å². The predicted octanol–water partition coefficient (Wildman–Crippen LogP) is 3.57. The van der Waals surface area contributed by atoms with Crippen LogP contribution in [0.4, 0.5) is 8.78 Å².